The van der Waals surface area contributed by atoms with Crippen LogP contribution in [0.25, 0.3) is 6.08 Å². The fraction of sp³-hybridized carbons (Fsp3) is 0.462. The second kappa shape index (κ2) is 4.89. The lowest BCUT2D eigenvalue weighted by molar-refractivity contribution is 0.00578. The van der Waals surface area contributed by atoms with E-state index in [9.17, 15) is 4.39 Å². The third kappa shape index (κ3) is 2.83. The highest BCUT2D eigenvalue weighted by Crippen LogP contribution is 2.37. The number of halogens is 2. The van der Waals surface area contributed by atoms with E-state index in [4.69, 9.17) is 20.9 Å². The summed E-state index contributed by atoms with van der Waals surface area (Å²) in [7, 11) is -0.527. The average molecular weight is 284 g/mol. The van der Waals surface area contributed by atoms with E-state index in [0.29, 0.717) is 0 Å². The van der Waals surface area contributed by atoms with Gasteiger partial charge in [0.25, 0.3) is 0 Å². The van der Waals surface area contributed by atoms with Gasteiger partial charge in [-0.15, -0.1) is 0 Å². The number of nitrogens with zero attached hydrogens (tertiary/aromatic N) is 1. The van der Waals surface area contributed by atoms with Gasteiger partial charge in [-0.05, 0) is 33.8 Å². The summed E-state index contributed by atoms with van der Waals surface area (Å²) in [6.07, 6.45) is 2.86. The Kier molecular flexibility index (Phi) is 3.73. The summed E-state index contributed by atoms with van der Waals surface area (Å²) in [6, 6.07) is 1.26. The third-order valence-electron chi connectivity index (χ3n) is 3.58. The highest BCUT2D eigenvalue weighted by Gasteiger charge is 2.50. The van der Waals surface area contributed by atoms with Gasteiger partial charge in [0.15, 0.2) is 0 Å². The minimum Gasteiger partial charge on any atom is -0.400 e. The second-order valence-corrected chi connectivity index (χ2v) is 5.84. The van der Waals surface area contributed by atoms with Crippen molar-refractivity contribution < 1.29 is 13.7 Å². The molecule has 0 radical (unpaired) electrons. The van der Waals surface area contributed by atoms with Crippen LogP contribution in [0.1, 0.15) is 33.3 Å². The van der Waals surface area contributed by atoms with Crippen LogP contribution in [0.4, 0.5) is 4.39 Å². The molecule has 2 heterocycles. The van der Waals surface area contributed by atoms with E-state index in [1.54, 1.807) is 5.98 Å². The first kappa shape index (κ1) is 14.5. The van der Waals surface area contributed by atoms with Crippen LogP contribution in [-0.2, 0) is 9.31 Å². The number of pyridine rings is 1. The normalized spacial score (nSPS) is 21.3. The van der Waals surface area contributed by atoms with Crippen molar-refractivity contribution in [3.63, 3.8) is 0 Å². The van der Waals surface area contributed by atoms with Gasteiger partial charge in [0.05, 0.1) is 11.2 Å². The van der Waals surface area contributed by atoms with Crippen LogP contribution in [0.2, 0.25) is 5.15 Å². The van der Waals surface area contributed by atoms with Crippen molar-refractivity contribution in [2.24, 2.45) is 0 Å². The largest absolute Gasteiger partial charge is 0.487 e. The number of rotatable bonds is 2. The average Bonchev–Trinajstić information content (AvgIpc) is 2.46. The molecular formula is C13H16BClFNO2. The van der Waals surface area contributed by atoms with Gasteiger partial charge < -0.3 is 9.31 Å². The van der Waals surface area contributed by atoms with E-state index >= 15 is 0 Å². The van der Waals surface area contributed by atoms with Crippen LogP contribution in [-0.4, -0.2) is 23.3 Å². The van der Waals surface area contributed by atoms with E-state index in [1.807, 2.05) is 27.7 Å². The van der Waals surface area contributed by atoms with Crippen LogP contribution in [0.3, 0.4) is 0 Å². The van der Waals surface area contributed by atoms with E-state index < -0.39 is 24.1 Å². The Morgan fingerprint density at radius 3 is 2.37 bits per heavy atom. The molecule has 0 unspecified atom stereocenters. The van der Waals surface area contributed by atoms with Crippen molar-refractivity contribution >= 4 is 24.8 Å². The number of hydrogen-bond donors (Lipinski definition) is 0. The van der Waals surface area contributed by atoms with Crippen molar-refractivity contribution in [1.29, 1.82) is 0 Å². The molecular weight excluding hydrogens is 267 g/mol. The molecule has 6 heteroatoms. The summed E-state index contributed by atoms with van der Waals surface area (Å²) in [5, 5.41) is 0.118. The van der Waals surface area contributed by atoms with Gasteiger partial charge in [-0.1, -0.05) is 23.7 Å². The molecule has 1 aromatic heterocycles. The molecule has 0 spiro atoms. The van der Waals surface area contributed by atoms with E-state index in [0.717, 1.165) is 0 Å². The molecule has 1 aliphatic rings. The van der Waals surface area contributed by atoms with Gasteiger partial charge in [0.1, 0.15) is 11.0 Å². The zero-order chi connectivity index (χ0) is 14.3. The summed E-state index contributed by atoms with van der Waals surface area (Å²) >= 11 is 5.84. The molecule has 0 aromatic carbocycles. The predicted molar refractivity (Wildman–Crippen MR) is 74.3 cm³/mol. The predicted octanol–water partition coefficient (Wildman–Crippen LogP) is 3.52. The zero-order valence-electron chi connectivity index (χ0n) is 11.4. The van der Waals surface area contributed by atoms with Gasteiger partial charge in [-0.3, -0.25) is 0 Å². The lowest BCUT2D eigenvalue weighted by Gasteiger charge is -2.32. The Hall–Kier alpha value is -0.905. The molecule has 19 heavy (non-hydrogen) atoms. The maximum atomic E-state index is 13.6. The number of aromatic nitrogens is 1. The van der Waals surface area contributed by atoms with Crippen LogP contribution in [0.5, 0.6) is 0 Å². The van der Waals surface area contributed by atoms with E-state index in [1.165, 1.54) is 18.3 Å². The van der Waals surface area contributed by atoms with Crippen LogP contribution < -0.4 is 0 Å². The Bertz CT molecular complexity index is 483. The maximum Gasteiger partial charge on any atom is 0.487 e. The fourth-order valence-electron chi connectivity index (χ4n) is 1.72. The van der Waals surface area contributed by atoms with Gasteiger partial charge >= 0.3 is 7.12 Å². The molecule has 0 atom stereocenters. The summed E-state index contributed by atoms with van der Waals surface area (Å²) in [4.78, 5) is 3.83. The van der Waals surface area contributed by atoms with Crippen molar-refractivity contribution in [3.8, 4) is 0 Å². The molecule has 1 saturated heterocycles. The summed E-state index contributed by atoms with van der Waals surface area (Å²) in [5.74, 6) is 1.22. The first-order valence-corrected chi connectivity index (χ1v) is 6.44. The molecule has 2 rings (SSSR count). The first-order chi connectivity index (χ1) is 8.73. The second-order valence-electron chi connectivity index (χ2n) is 5.48. The topological polar surface area (TPSA) is 31.4 Å². The lowest BCUT2D eigenvalue weighted by Crippen LogP contribution is -2.41. The lowest BCUT2D eigenvalue weighted by atomic mass is 9.89. The Morgan fingerprint density at radius 1 is 1.26 bits per heavy atom. The van der Waals surface area contributed by atoms with Crippen molar-refractivity contribution in [3.05, 3.63) is 34.8 Å². The molecule has 3 nitrogen and oxygen atoms in total. The highest BCUT2D eigenvalue weighted by molar-refractivity contribution is 6.52. The summed E-state index contributed by atoms with van der Waals surface area (Å²) in [6.45, 7) is 7.83. The minimum atomic E-state index is -0.527. The Balaban J connectivity index is 2.18. The highest BCUT2D eigenvalue weighted by atomic mass is 35.5. The zero-order valence-corrected chi connectivity index (χ0v) is 12.2. The SMILES string of the molecule is CC1(C)OB(/C=C/c2c(F)ccnc2Cl)OC1(C)C. The van der Waals surface area contributed by atoms with E-state index in [2.05, 4.69) is 4.98 Å². The quantitative estimate of drug-likeness (QED) is 0.615. The molecule has 0 bridgehead atoms. The van der Waals surface area contributed by atoms with Crippen LogP contribution in [0.15, 0.2) is 18.2 Å². The molecule has 1 aliphatic heterocycles. The third-order valence-corrected chi connectivity index (χ3v) is 3.88. The fourth-order valence-corrected chi connectivity index (χ4v) is 1.93. The van der Waals surface area contributed by atoms with Crippen molar-refractivity contribution in [2.75, 3.05) is 0 Å². The standard InChI is InChI=1S/C13H16BClFNO2/c1-12(2)13(3,4)19-14(18-12)7-5-9-10(16)6-8-17-11(9)15/h5-8H,1-4H3/b7-5+. The molecule has 0 aliphatic carbocycles. The van der Waals surface area contributed by atoms with E-state index in [-0.39, 0.29) is 10.7 Å². The summed E-state index contributed by atoms with van der Waals surface area (Å²) < 4.78 is 25.1. The molecule has 0 N–H and O–H groups in total. The van der Waals surface area contributed by atoms with Gasteiger partial charge in [0.2, 0.25) is 0 Å². The van der Waals surface area contributed by atoms with Gasteiger partial charge in [-0.25, -0.2) is 9.37 Å². The Morgan fingerprint density at radius 2 is 1.84 bits per heavy atom. The minimum absolute atomic E-state index is 0.118. The molecule has 1 fully saturated rings. The molecule has 1 aromatic rings. The molecule has 0 amide bonds. The van der Waals surface area contributed by atoms with Crippen molar-refractivity contribution in [1.82, 2.24) is 4.98 Å². The molecule has 102 valence electrons. The maximum absolute atomic E-state index is 13.6. The van der Waals surface area contributed by atoms with Gasteiger partial charge in [-0.2, -0.15) is 0 Å². The number of hydrogen-bond acceptors (Lipinski definition) is 3. The first-order valence-electron chi connectivity index (χ1n) is 6.07. The molecule has 0 saturated carbocycles. The monoisotopic (exact) mass is 283 g/mol. The smallest absolute Gasteiger partial charge is 0.400 e. The van der Waals surface area contributed by atoms with Crippen LogP contribution >= 0.6 is 11.6 Å². The van der Waals surface area contributed by atoms with Gasteiger partial charge in [0, 0.05) is 11.8 Å². The Labute approximate surface area is 117 Å². The van der Waals surface area contributed by atoms with Crippen molar-refractivity contribution in [2.45, 2.75) is 38.9 Å². The van der Waals surface area contributed by atoms with Crippen LogP contribution in [0, 0.1) is 5.82 Å². The summed E-state index contributed by atoms with van der Waals surface area (Å²) in [5.41, 5.74) is -0.600.